The Balaban J connectivity index is 1.51. The Bertz CT molecular complexity index is 1000. The number of aromatic nitrogens is 1. The van der Waals surface area contributed by atoms with Gasteiger partial charge in [-0.15, -0.1) is 11.3 Å². The smallest absolute Gasteiger partial charge is 0.339 e. The van der Waals surface area contributed by atoms with Crippen LogP contribution in [0.15, 0.2) is 48.5 Å². The van der Waals surface area contributed by atoms with Crippen molar-refractivity contribution in [2.45, 2.75) is 45.2 Å². The first-order valence-electron chi connectivity index (χ1n) is 9.98. The molecule has 2 atom stereocenters. The molecule has 0 unspecified atom stereocenters. The number of hydrogen-bond acceptors (Lipinski definition) is 5. The lowest BCUT2D eigenvalue weighted by Crippen LogP contribution is -2.49. The number of thiazole rings is 1. The number of ether oxygens (including phenoxy) is 1. The molecule has 0 radical (unpaired) electrons. The molecule has 1 fully saturated rings. The van der Waals surface area contributed by atoms with E-state index in [1.54, 1.807) is 12.1 Å². The molecule has 6 heteroatoms. The monoisotopic (exact) mass is 408 g/mol. The second-order valence-corrected chi connectivity index (χ2v) is 8.57. The van der Waals surface area contributed by atoms with Crippen LogP contribution in [0.1, 0.15) is 43.5 Å². The molecule has 29 heavy (non-hydrogen) atoms. The molecular formula is C23H24N2O3S. The van der Waals surface area contributed by atoms with E-state index in [2.05, 4.69) is 18.8 Å². The van der Waals surface area contributed by atoms with Gasteiger partial charge in [0.1, 0.15) is 5.01 Å². The van der Waals surface area contributed by atoms with Crippen molar-refractivity contribution in [1.29, 1.82) is 0 Å². The van der Waals surface area contributed by atoms with Crippen molar-refractivity contribution in [3.8, 4) is 10.6 Å². The molecule has 4 rings (SSSR count). The van der Waals surface area contributed by atoms with Crippen LogP contribution in [0.5, 0.6) is 0 Å². The zero-order valence-electron chi connectivity index (χ0n) is 16.6. The lowest BCUT2D eigenvalue weighted by atomic mass is 9.97. The molecule has 0 bridgehead atoms. The van der Waals surface area contributed by atoms with Crippen molar-refractivity contribution in [2.24, 2.45) is 0 Å². The summed E-state index contributed by atoms with van der Waals surface area (Å²) in [6.07, 6.45) is 3.11. The second kappa shape index (κ2) is 8.33. The Morgan fingerprint density at radius 3 is 2.52 bits per heavy atom. The predicted octanol–water partition coefficient (Wildman–Crippen LogP) is 4.91. The number of rotatable bonds is 4. The van der Waals surface area contributed by atoms with Crippen LogP contribution in [-0.4, -0.2) is 40.5 Å². The molecule has 0 saturated carbocycles. The van der Waals surface area contributed by atoms with Crippen LogP contribution in [0.3, 0.4) is 0 Å². The molecule has 1 aliphatic rings. The first kappa shape index (κ1) is 19.6. The van der Waals surface area contributed by atoms with Crippen molar-refractivity contribution in [3.63, 3.8) is 0 Å². The number of piperidine rings is 1. The summed E-state index contributed by atoms with van der Waals surface area (Å²) in [6.45, 7) is 3.87. The fourth-order valence-electron chi connectivity index (χ4n) is 4.03. The second-order valence-electron chi connectivity index (χ2n) is 7.54. The van der Waals surface area contributed by atoms with Crippen LogP contribution in [0.4, 0.5) is 0 Å². The highest BCUT2D eigenvalue weighted by Gasteiger charge is 2.29. The van der Waals surface area contributed by atoms with Crippen LogP contribution in [0, 0.1) is 0 Å². The Kier molecular flexibility index (Phi) is 5.62. The topological polar surface area (TPSA) is 59.5 Å². The van der Waals surface area contributed by atoms with E-state index in [-0.39, 0.29) is 24.6 Å². The van der Waals surface area contributed by atoms with Gasteiger partial charge in [-0.1, -0.05) is 30.3 Å². The van der Waals surface area contributed by atoms with E-state index >= 15 is 0 Å². The van der Waals surface area contributed by atoms with Crippen molar-refractivity contribution in [1.82, 2.24) is 9.88 Å². The number of para-hydroxylation sites is 1. The molecule has 3 aromatic rings. The van der Waals surface area contributed by atoms with Gasteiger partial charge in [-0.25, -0.2) is 9.78 Å². The van der Waals surface area contributed by atoms with E-state index < -0.39 is 5.97 Å². The van der Waals surface area contributed by atoms with Crippen LogP contribution < -0.4 is 0 Å². The zero-order valence-corrected chi connectivity index (χ0v) is 17.4. The predicted molar refractivity (Wildman–Crippen MR) is 115 cm³/mol. The number of carbonyl (C=O) groups excluding carboxylic acids is 2. The number of fused-ring (bicyclic) bond motifs is 1. The first-order valence-corrected chi connectivity index (χ1v) is 10.8. The van der Waals surface area contributed by atoms with Crippen LogP contribution >= 0.6 is 11.3 Å². The molecule has 1 saturated heterocycles. The van der Waals surface area contributed by atoms with Crippen LogP contribution in [-0.2, 0) is 9.53 Å². The number of esters is 1. The Hall–Kier alpha value is -2.73. The molecular weight excluding hydrogens is 384 g/mol. The average Bonchev–Trinajstić information content (AvgIpc) is 3.16. The molecule has 2 heterocycles. The molecule has 150 valence electrons. The average molecular weight is 409 g/mol. The summed E-state index contributed by atoms with van der Waals surface area (Å²) in [5.41, 5.74) is 2.06. The lowest BCUT2D eigenvalue weighted by molar-refractivity contribution is -0.140. The third kappa shape index (κ3) is 4.03. The lowest BCUT2D eigenvalue weighted by Gasteiger charge is -2.38. The SMILES string of the molecule is C[C@H]1CCC[C@H](C)N1C(=O)COC(=O)c1ccccc1-c1nc2ccccc2s1. The van der Waals surface area contributed by atoms with E-state index in [0.29, 0.717) is 5.56 Å². The standard InChI is InChI=1S/C23H24N2O3S/c1-15-8-7-9-16(2)25(15)21(26)14-28-23(27)18-11-4-3-10-17(18)22-24-19-12-5-6-13-20(19)29-22/h3-6,10-13,15-16H,7-9,14H2,1-2H3/t15-,16-/m0/s1. The van der Waals surface area contributed by atoms with E-state index in [1.165, 1.54) is 11.3 Å². The molecule has 1 aliphatic heterocycles. The fourth-order valence-corrected chi connectivity index (χ4v) is 5.03. The van der Waals surface area contributed by atoms with E-state index in [1.807, 2.05) is 41.3 Å². The minimum Gasteiger partial charge on any atom is -0.452 e. The Morgan fingerprint density at radius 2 is 1.76 bits per heavy atom. The summed E-state index contributed by atoms with van der Waals surface area (Å²) in [5, 5.41) is 0.767. The highest BCUT2D eigenvalue weighted by Crippen LogP contribution is 2.32. The number of nitrogens with zero attached hydrogens (tertiary/aromatic N) is 2. The molecule has 5 nitrogen and oxygen atoms in total. The van der Waals surface area contributed by atoms with Crippen molar-refractivity contribution < 1.29 is 14.3 Å². The zero-order chi connectivity index (χ0) is 20.4. The largest absolute Gasteiger partial charge is 0.452 e. The van der Waals surface area contributed by atoms with Crippen molar-refractivity contribution in [3.05, 3.63) is 54.1 Å². The van der Waals surface area contributed by atoms with Gasteiger partial charge in [-0.05, 0) is 51.3 Å². The number of hydrogen-bond donors (Lipinski definition) is 0. The number of carbonyl (C=O) groups is 2. The van der Waals surface area contributed by atoms with Crippen molar-refractivity contribution >= 4 is 33.4 Å². The minimum absolute atomic E-state index is 0.129. The van der Waals surface area contributed by atoms with Gasteiger partial charge in [0.25, 0.3) is 5.91 Å². The van der Waals surface area contributed by atoms with Crippen molar-refractivity contribution in [2.75, 3.05) is 6.61 Å². The van der Waals surface area contributed by atoms with Crippen LogP contribution in [0.25, 0.3) is 20.8 Å². The summed E-state index contributed by atoms with van der Waals surface area (Å²) in [4.78, 5) is 32.0. The normalized spacial score (nSPS) is 19.3. The van der Waals surface area contributed by atoms with Gasteiger partial charge in [0.2, 0.25) is 0 Å². The molecule has 0 aliphatic carbocycles. The maximum Gasteiger partial charge on any atom is 0.339 e. The quantitative estimate of drug-likeness (QED) is 0.576. The summed E-state index contributed by atoms with van der Waals surface area (Å²) in [5.74, 6) is -0.624. The van der Waals surface area contributed by atoms with E-state index in [4.69, 9.17) is 4.74 Å². The number of amides is 1. The van der Waals surface area contributed by atoms with Gasteiger partial charge in [0, 0.05) is 17.6 Å². The summed E-state index contributed by atoms with van der Waals surface area (Å²) >= 11 is 1.54. The number of likely N-dealkylation sites (tertiary alicyclic amines) is 1. The Morgan fingerprint density at radius 1 is 1.07 bits per heavy atom. The molecule has 2 aromatic carbocycles. The minimum atomic E-state index is -0.495. The third-order valence-corrected chi connectivity index (χ3v) is 6.55. The van der Waals surface area contributed by atoms with Gasteiger partial charge in [-0.2, -0.15) is 0 Å². The third-order valence-electron chi connectivity index (χ3n) is 5.48. The van der Waals surface area contributed by atoms with Gasteiger partial charge < -0.3 is 9.64 Å². The molecule has 0 spiro atoms. The molecule has 1 aromatic heterocycles. The maximum absolute atomic E-state index is 12.8. The summed E-state index contributed by atoms with van der Waals surface area (Å²) in [7, 11) is 0. The maximum atomic E-state index is 12.8. The number of benzene rings is 2. The van der Waals surface area contributed by atoms with Gasteiger partial charge >= 0.3 is 5.97 Å². The van der Waals surface area contributed by atoms with Crippen LogP contribution in [0.2, 0.25) is 0 Å². The fraction of sp³-hybridized carbons (Fsp3) is 0.348. The summed E-state index contributed by atoms with van der Waals surface area (Å²) < 4.78 is 6.49. The first-order chi connectivity index (χ1) is 14.0. The van der Waals surface area contributed by atoms with E-state index in [0.717, 1.165) is 40.1 Å². The van der Waals surface area contributed by atoms with Gasteiger partial charge in [0.15, 0.2) is 6.61 Å². The Labute approximate surface area is 174 Å². The van der Waals surface area contributed by atoms with Gasteiger partial charge in [0.05, 0.1) is 15.8 Å². The molecule has 1 amide bonds. The molecule has 0 N–H and O–H groups in total. The van der Waals surface area contributed by atoms with Gasteiger partial charge in [-0.3, -0.25) is 4.79 Å². The van der Waals surface area contributed by atoms with E-state index in [9.17, 15) is 9.59 Å². The summed E-state index contributed by atoms with van der Waals surface area (Å²) in [6, 6.07) is 15.5. The highest BCUT2D eigenvalue weighted by atomic mass is 32.1. The highest BCUT2D eigenvalue weighted by molar-refractivity contribution is 7.21.